The molecule has 2 aromatic carbocycles. The van der Waals surface area contributed by atoms with Crippen molar-refractivity contribution in [3.8, 4) is 5.75 Å². The van der Waals surface area contributed by atoms with Crippen molar-refractivity contribution in [1.29, 1.82) is 0 Å². The number of nitrogens with two attached hydrogens (primary N) is 1. The molecule has 1 saturated heterocycles. The molecular formula is C19H21BrN2O2. The lowest BCUT2D eigenvalue weighted by Gasteiger charge is -2.18. The predicted octanol–water partition coefficient (Wildman–Crippen LogP) is 3.27. The summed E-state index contributed by atoms with van der Waals surface area (Å²) in [6.45, 7) is 1.94. The Morgan fingerprint density at radius 2 is 2.00 bits per heavy atom. The fourth-order valence-corrected chi connectivity index (χ4v) is 3.74. The van der Waals surface area contributed by atoms with Crippen molar-refractivity contribution in [2.75, 3.05) is 26.7 Å². The summed E-state index contributed by atoms with van der Waals surface area (Å²) in [5.74, 6) is 1.25. The summed E-state index contributed by atoms with van der Waals surface area (Å²) in [6, 6.07) is 15.8. The standard InChI is InChI=1S/C19H21BrN2O2/c1-24-15-7-8-18(20)16(9-15)19(23)22-11-14(10-21)17(12-22)13-5-3-2-4-6-13/h2-9,14,17H,10-12,21H2,1H3/t14-,17+/m1/s1. The van der Waals surface area contributed by atoms with E-state index in [2.05, 4.69) is 28.1 Å². The van der Waals surface area contributed by atoms with Crippen LogP contribution in [0.3, 0.4) is 0 Å². The number of halogens is 1. The molecular weight excluding hydrogens is 368 g/mol. The van der Waals surface area contributed by atoms with Crippen LogP contribution in [0.25, 0.3) is 0 Å². The first kappa shape index (κ1) is 17.0. The van der Waals surface area contributed by atoms with Crippen LogP contribution in [0.2, 0.25) is 0 Å². The van der Waals surface area contributed by atoms with Gasteiger partial charge >= 0.3 is 0 Å². The second kappa shape index (κ2) is 7.36. The molecule has 2 atom stereocenters. The van der Waals surface area contributed by atoms with Gasteiger partial charge in [-0.2, -0.15) is 0 Å². The number of carbonyl (C=O) groups is 1. The van der Waals surface area contributed by atoms with Gasteiger partial charge in [-0.05, 0) is 52.2 Å². The van der Waals surface area contributed by atoms with Crippen LogP contribution in [0, 0.1) is 5.92 Å². The predicted molar refractivity (Wildman–Crippen MR) is 98.3 cm³/mol. The zero-order chi connectivity index (χ0) is 17.1. The van der Waals surface area contributed by atoms with Gasteiger partial charge in [-0.3, -0.25) is 4.79 Å². The number of rotatable bonds is 4. The zero-order valence-corrected chi connectivity index (χ0v) is 15.2. The molecule has 126 valence electrons. The van der Waals surface area contributed by atoms with Gasteiger partial charge in [0.15, 0.2) is 0 Å². The molecule has 0 unspecified atom stereocenters. The summed E-state index contributed by atoms with van der Waals surface area (Å²) in [6.07, 6.45) is 0. The van der Waals surface area contributed by atoms with Crippen molar-refractivity contribution in [1.82, 2.24) is 4.90 Å². The first-order valence-electron chi connectivity index (χ1n) is 8.02. The molecule has 0 aromatic heterocycles. The van der Waals surface area contributed by atoms with Crippen LogP contribution in [-0.4, -0.2) is 37.6 Å². The minimum absolute atomic E-state index is 0.0117. The lowest BCUT2D eigenvalue weighted by Crippen LogP contribution is -2.30. The molecule has 0 bridgehead atoms. The van der Waals surface area contributed by atoms with Crippen LogP contribution < -0.4 is 10.5 Å². The second-order valence-electron chi connectivity index (χ2n) is 6.07. The number of ether oxygens (including phenoxy) is 1. The molecule has 1 amide bonds. The van der Waals surface area contributed by atoms with Gasteiger partial charge in [-0.15, -0.1) is 0 Å². The van der Waals surface area contributed by atoms with Gasteiger partial charge in [0.05, 0.1) is 12.7 Å². The Bertz CT molecular complexity index is 721. The Morgan fingerprint density at radius 3 is 2.67 bits per heavy atom. The quantitative estimate of drug-likeness (QED) is 0.873. The molecule has 2 N–H and O–H groups in total. The fourth-order valence-electron chi connectivity index (χ4n) is 3.32. The highest BCUT2D eigenvalue weighted by molar-refractivity contribution is 9.10. The number of benzene rings is 2. The van der Waals surface area contributed by atoms with Gasteiger partial charge in [0, 0.05) is 23.5 Å². The fraction of sp³-hybridized carbons (Fsp3) is 0.316. The largest absolute Gasteiger partial charge is 0.497 e. The maximum Gasteiger partial charge on any atom is 0.255 e. The van der Waals surface area contributed by atoms with Crippen LogP contribution in [0.5, 0.6) is 5.75 Å². The molecule has 0 aliphatic carbocycles. The molecule has 0 spiro atoms. The summed E-state index contributed by atoms with van der Waals surface area (Å²) < 4.78 is 6.02. The number of hydrogen-bond acceptors (Lipinski definition) is 3. The van der Waals surface area contributed by atoms with Crippen molar-refractivity contribution in [2.24, 2.45) is 11.7 Å². The molecule has 0 radical (unpaired) electrons. The van der Waals surface area contributed by atoms with Gasteiger partial charge < -0.3 is 15.4 Å². The van der Waals surface area contributed by atoms with Crippen LogP contribution >= 0.6 is 15.9 Å². The summed E-state index contributed by atoms with van der Waals surface area (Å²) >= 11 is 3.47. The molecule has 4 nitrogen and oxygen atoms in total. The van der Waals surface area contributed by atoms with Crippen LogP contribution in [0.4, 0.5) is 0 Å². The van der Waals surface area contributed by atoms with Crippen molar-refractivity contribution in [3.05, 3.63) is 64.1 Å². The number of carbonyl (C=O) groups excluding carboxylic acids is 1. The first-order chi connectivity index (χ1) is 11.6. The van der Waals surface area contributed by atoms with Gasteiger partial charge in [-0.1, -0.05) is 30.3 Å². The third kappa shape index (κ3) is 3.32. The number of amides is 1. The molecule has 0 saturated carbocycles. The number of nitrogens with zero attached hydrogens (tertiary/aromatic N) is 1. The van der Waals surface area contributed by atoms with Gasteiger partial charge in [0.1, 0.15) is 5.75 Å². The van der Waals surface area contributed by atoms with E-state index in [1.165, 1.54) is 5.56 Å². The number of methoxy groups -OCH3 is 1. The normalized spacial score (nSPS) is 20.2. The van der Waals surface area contributed by atoms with Crippen LogP contribution in [0.1, 0.15) is 21.8 Å². The third-order valence-electron chi connectivity index (χ3n) is 4.66. The maximum absolute atomic E-state index is 13.0. The van der Waals surface area contributed by atoms with Crippen molar-refractivity contribution in [3.63, 3.8) is 0 Å². The van der Waals surface area contributed by atoms with Crippen LogP contribution in [0.15, 0.2) is 53.0 Å². The highest BCUT2D eigenvalue weighted by atomic mass is 79.9. The average molecular weight is 389 g/mol. The number of hydrogen-bond donors (Lipinski definition) is 1. The van der Waals surface area contributed by atoms with Crippen molar-refractivity contribution >= 4 is 21.8 Å². The topological polar surface area (TPSA) is 55.6 Å². The summed E-state index contributed by atoms with van der Waals surface area (Å²) in [5.41, 5.74) is 7.84. The van der Waals surface area contributed by atoms with E-state index in [1.807, 2.05) is 35.2 Å². The third-order valence-corrected chi connectivity index (χ3v) is 5.35. The highest BCUT2D eigenvalue weighted by Gasteiger charge is 2.36. The lowest BCUT2D eigenvalue weighted by molar-refractivity contribution is 0.0785. The molecule has 5 heteroatoms. The van der Waals surface area contributed by atoms with Crippen LogP contribution in [-0.2, 0) is 0 Å². The molecule has 1 heterocycles. The summed E-state index contributed by atoms with van der Waals surface area (Å²) in [7, 11) is 1.60. The smallest absolute Gasteiger partial charge is 0.255 e. The molecule has 1 fully saturated rings. The zero-order valence-electron chi connectivity index (χ0n) is 13.6. The number of likely N-dealkylation sites (tertiary alicyclic amines) is 1. The van der Waals surface area contributed by atoms with E-state index < -0.39 is 0 Å². The van der Waals surface area contributed by atoms with E-state index in [4.69, 9.17) is 10.5 Å². The lowest BCUT2D eigenvalue weighted by atomic mass is 9.89. The van der Waals surface area contributed by atoms with E-state index in [0.29, 0.717) is 30.9 Å². The van der Waals surface area contributed by atoms with Crippen molar-refractivity contribution in [2.45, 2.75) is 5.92 Å². The minimum Gasteiger partial charge on any atom is -0.497 e. The summed E-state index contributed by atoms with van der Waals surface area (Å²) in [5, 5.41) is 0. The van der Waals surface area contributed by atoms with Gasteiger partial charge in [0.2, 0.25) is 0 Å². The monoisotopic (exact) mass is 388 g/mol. The van der Waals surface area contributed by atoms with E-state index in [1.54, 1.807) is 13.2 Å². The van der Waals surface area contributed by atoms with E-state index in [0.717, 1.165) is 4.47 Å². The molecule has 24 heavy (non-hydrogen) atoms. The van der Waals surface area contributed by atoms with Gasteiger partial charge in [0.25, 0.3) is 5.91 Å². The Hall–Kier alpha value is -1.85. The minimum atomic E-state index is 0.0117. The van der Waals surface area contributed by atoms with Crippen molar-refractivity contribution < 1.29 is 9.53 Å². The average Bonchev–Trinajstić information content (AvgIpc) is 3.07. The SMILES string of the molecule is COc1ccc(Br)c(C(=O)N2C[C@@H](CN)[C@H](c3ccccc3)C2)c1. The molecule has 2 aromatic rings. The maximum atomic E-state index is 13.0. The molecule has 3 rings (SSSR count). The van der Waals surface area contributed by atoms with E-state index in [-0.39, 0.29) is 17.7 Å². The molecule has 1 aliphatic rings. The Labute approximate surface area is 150 Å². The van der Waals surface area contributed by atoms with E-state index >= 15 is 0 Å². The van der Waals surface area contributed by atoms with Gasteiger partial charge in [-0.25, -0.2) is 0 Å². The first-order valence-corrected chi connectivity index (χ1v) is 8.81. The highest BCUT2D eigenvalue weighted by Crippen LogP contribution is 2.34. The Balaban J connectivity index is 1.84. The second-order valence-corrected chi connectivity index (χ2v) is 6.92. The van der Waals surface area contributed by atoms with E-state index in [9.17, 15) is 4.79 Å². The molecule has 1 aliphatic heterocycles. The summed E-state index contributed by atoms with van der Waals surface area (Å²) in [4.78, 5) is 14.9. The Morgan fingerprint density at radius 1 is 1.25 bits per heavy atom. The Kier molecular flexibility index (Phi) is 5.21.